The van der Waals surface area contributed by atoms with E-state index in [0.717, 1.165) is 17.7 Å². The van der Waals surface area contributed by atoms with Crippen LogP contribution in [0.3, 0.4) is 0 Å². The number of hydrogen-bond acceptors (Lipinski definition) is 4. The fraction of sp³-hybridized carbons (Fsp3) is 0.154. The van der Waals surface area contributed by atoms with Crippen molar-refractivity contribution in [3.8, 4) is 17.5 Å². The smallest absolute Gasteiger partial charge is 0.171 e. The van der Waals surface area contributed by atoms with Gasteiger partial charge in [0.25, 0.3) is 0 Å². The largest absolute Gasteiger partial charge is 0.469 e. The van der Waals surface area contributed by atoms with E-state index in [1.54, 1.807) is 24.6 Å². The van der Waals surface area contributed by atoms with Crippen LogP contribution in [-0.2, 0) is 6.42 Å². The summed E-state index contributed by atoms with van der Waals surface area (Å²) in [7, 11) is 0. The van der Waals surface area contributed by atoms with Crippen LogP contribution < -0.4 is 0 Å². The zero-order valence-corrected chi connectivity index (χ0v) is 9.79. The van der Waals surface area contributed by atoms with E-state index in [0.29, 0.717) is 17.0 Å². The Balaban J connectivity index is 2.27. The maximum absolute atomic E-state index is 8.93. The maximum Gasteiger partial charge on any atom is 0.171 e. The van der Waals surface area contributed by atoms with Crippen LogP contribution in [0, 0.1) is 11.3 Å². The molecule has 0 saturated heterocycles. The van der Waals surface area contributed by atoms with E-state index in [4.69, 9.17) is 9.68 Å². The molecule has 0 aliphatic carbocycles. The van der Waals surface area contributed by atoms with Crippen LogP contribution in [0.15, 0.2) is 35.1 Å². The summed E-state index contributed by atoms with van der Waals surface area (Å²) in [5.74, 6) is 1.57. The fourth-order valence-corrected chi connectivity index (χ4v) is 1.95. The second-order valence-electron chi connectivity index (χ2n) is 3.89. The van der Waals surface area contributed by atoms with Crippen LogP contribution in [-0.4, -0.2) is 14.6 Å². The molecule has 0 aliphatic heterocycles. The monoisotopic (exact) mass is 238 g/mol. The molecule has 0 unspecified atom stereocenters. The number of pyridine rings is 1. The Hall–Kier alpha value is -2.61. The lowest BCUT2D eigenvalue weighted by molar-refractivity contribution is 0.517. The number of rotatable bonds is 2. The number of hydrogen-bond donors (Lipinski definition) is 0. The predicted molar refractivity (Wildman–Crippen MR) is 64.8 cm³/mol. The van der Waals surface area contributed by atoms with E-state index in [1.807, 2.05) is 17.4 Å². The minimum absolute atomic E-state index is 0.574. The van der Waals surface area contributed by atoms with Gasteiger partial charge in [-0.25, -0.2) is 0 Å². The SMILES string of the molecule is CCc1occc1-c1nnc2ccc(C#N)cn12. The van der Waals surface area contributed by atoms with Crippen LogP contribution in [0.2, 0.25) is 0 Å². The zero-order chi connectivity index (χ0) is 12.5. The number of fused-ring (bicyclic) bond motifs is 1. The molecule has 0 radical (unpaired) electrons. The molecule has 88 valence electrons. The second kappa shape index (κ2) is 4.00. The van der Waals surface area contributed by atoms with Gasteiger partial charge in [-0.15, -0.1) is 10.2 Å². The highest BCUT2D eigenvalue weighted by molar-refractivity contribution is 5.61. The molecule has 3 aromatic heterocycles. The number of nitriles is 1. The molecule has 3 heterocycles. The van der Waals surface area contributed by atoms with Gasteiger partial charge in [0.2, 0.25) is 0 Å². The van der Waals surface area contributed by atoms with Crippen molar-refractivity contribution in [1.29, 1.82) is 5.26 Å². The molecular weight excluding hydrogens is 228 g/mol. The van der Waals surface area contributed by atoms with Crippen LogP contribution in [0.25, 0.3) is 17.0 Å². The average Bonchev–Trinajstić information content (AvgIpc) is 3.03. The van der Waals surface area contributed by atoms with Crippen molar-refractivity contribution in [2.24, 2.45) is 0 Å². The molecule has 0 atom stereocenters. The van der Waals surface area contributed by atoms with Crippen LogP contribution >= 0.6 is 0 Å². The topological polar surface area (TPSA) is 67.1 Å². The quantitative estimate of drug-likeness (QED) is 0.687. The van der Waals surface area contributed by atoms with Gasteiger partial charge in [0.05, 0.1) is 17.4 Å². The summed E-state index contributed by atoms with van der Waals surface area (Å²) in [4.78, 5) is 0. The van der Waals surface area contributed by atoms with Crippen molar-refractivity contribution in [2.45, 2.75) is 13.3 Å². The highest BCUT2D eigenvalue weighted by Gasteiger charge is 2.14. The molecule has 0 amide bonds. The number of aryl methyl sites for hydroxylation is 1. The Bertz CT molecular complexity index is 748. The van der Waals surface area contributed by atoms with E-state index in [9.17, 15) is 0 Å². The molecule has 5 nitrogen and oxygen atoms in total. The van der Waals surface area contributed by atoms with Gasteiger partial charge in [-0.05, 0) is 18.2 Å². The summed E-state index contributed by atoms with van der Waals surface area (Å²) in [6.07, 6.45) is 4.16. The molecule has 0 N–H and O–H groups in total. The van der Waals surface area contributed by atoms with Gasteiger partial charge in [0, 0.05) is 12.6 Å². The summed E-state index contributed by atoms with van der Waals surface area (Å²) in [6, 6.07) is 7.48. The second-order valence-corrected chi connectivity index (χ2v) is 3.89. The lowest BCUT2D eigenvalue weighted by Crippen LogP contribution is -1.92. The predicted octanol–water partition coefficient (Wildman–Crippen LogP) is 2.42. The Kier molecular flexibility index (Phi) is 2.34. The molecule has 0 aliphatic rings. The lowest BCUT2D eigenvalue weighted by atomic mass is 10.2. The van der Waals surface area contributed by atoms with Gasteiger partial charge in [0.1, 0.15) is 11.8 Å². The van der Waals surface area contributed by atoms with Crippen molar-refractivity contribution in [2.75, 3.05) is 0 Å². The van der Waals surface area contributed by atoms with Gasteiger partial charge < -0.3 is 4.42 Å². The third-order valence-corrected chi connectivity index (χ3v) is 2.84. The Morgan fingerprint density at radius 2 is 2.22 bits per heavy atom. The van der Waals surface area contributed by atoms with E-state index in [-0.39, 0.29) is 0 Å². The van der Waals surface area contributed by atoms with Gasteiger partial charge in [-0.3, -0.25) is 4.40 Å². The third-order valence-electron chi connectivity index (χ3n) is 2.84. The maximum atomic E-state index is 8.93. The van der Waals surface area contributed by atoms with Crippen molar-refractivity contribution >= 4 is 5.65 Å². The first-order chi connectivity index (χ1) is 8.83. The lowest BCUT2D eigenvalue weighted by Gasteiger charge is -1.99. The summed E-state index contributed by atoms with van der Waals surface area (Å²) in [5.41, 5.74) is 2.21. The van der Waals surface area contributed by atoms with Crippen molar-refractivity contribution in [3.05, 3.63) is 42.0 Å². The van der Waals surface area contributed by atoms with E-state index in [1.165, 1.54) is 0 Å². The van der Waals surface area contributed by atoms with E-state index >= 15 is 0 Å². The fourth-order valence-electron chi connectivity index (χ4n) is 1.95. The summed E-state index contributed by atoms with van der Waals surface area (Å²) < 4.78 is 7.21. The van der Waals surface area contributed by atoms with Crippen LogP contribution in [0.1, 0.15) is 18.2 Å². The minimum Gasteiger partial charge on any atom is -0.469 e. The summed E-state index contributed by atoms with van der Waals surface area (Å²) in [5, 5.41) is 17.2. The molecule has 3 rings (SSSR count). The summed E-state index contributed by atoms with van der Waals surface area (Å²) in [6.45, 7) is 2.02. The number of furan rings is 1. The molecule has 0 aromatic carbocycles. The molecule has 5 heteroatoms. The first kappa shape index (κ1) is 10.5. The Morgan fingerprint density at radius 3 is 3.00 bits per heavy atom. The molecule has 0 saturated carbocycles. The molecule has 0 spiro atoms. The van der Waals surface area contributed by atoms with Crippen LogP contribution in [0.5, 0.6) is 0 Å². The number of nitrogens with zero attached hydrogens (tertiary/aromatic N) is 4. The highest BCUT2D eigenvalue weighted by Crippen LogP contribution is 2.24. The van der Waals surface area contributed by atoms with Crippen LogP contribution in [0.4, 0.5) is 0 Å². The standard InChI is InChI=1S/C13H10N4O/c1-2-11-10(5-6-18-11)13-16-15-12-4-3-9(7-14)8-17(12)13/h3-6,8H,2H2,1H3. The van der Waals surface area contributed by atoms with Crippen molar-refractivity contribution in [3.63, 3.8) is 0 Å². The molecule has 18 heavy (non-hydrogen) atoms. The van der Waals surface area contributed by atoms with Gasteiger partial charge in [0.15, 0.2) is 11.5 Å². The zero-order valence-electron chi connectivity index (χ0n) is 9.79. The van der Waals surface area contributed by atoms with Crippen molar-refractivity contribution in [1.82, 2.24) is 14.6 Å². The average molecular weight is 238 g/mol. The molecule has 0 bridgehead atoms. The normalized spacial score (nSPS) is 10.7. The Morgan fingerprint density at radius 1 is 1.33 bits per heavy atom. The molecular formula is C13H10N4O. The van der Waals surface area contributed by atoms with Gasteiger partial charge in [-0.2, -0.15) is 5.26 Å². The minimum atomic E-state index is 0.574. The van der Waals surface area contributed by atoms with E-state index < -0.39 is 0 Å². The third kappa shape index (κ3) is 1.47. The molecule has 3 aromatic rings. The van der Waals surface area contributed by atoms with Crippen molar-refractivity contribution < 1.29 is 4.42 Å². The van der Waals surface area contributed by atoms with E-state index in [2.05, 4.69) is 16.3 Å². The van der Waals surface area contributed by atoms with Gasteiger partial charge >= 0.3 is 0 Å². The highest BCUT2D eigenvalue weighted by atomic mass is 16.3. The Labute approximate surface area is 103 Å². The number of aromatic nitrogens is 3. The summed E-state index contributed by atoms with van der Waals surface area (Å²) >= 11 is 0. The molecule has 0 fully saturated rings. The first-order valence-electron chi connectivity index (χ1n) is 5.65. The van der Waals surface area contributed by atoms with Gasteiger partial charge in [-0.1, -0.05) is 6.92 Å². The first-order valence-corrected chi connectivity index (χ1v) is 5.65.